The molecule has 1 aliphatic carbocycles. The minimum absolute atomic E-state index is 0.00144. The highest BCUT2D eigenvalue weighted by Crippen LogP contribution is 2.45. The van der Waals surface area contributed by atoms with Crippen molar-refractivity contribution >= 4 is 18.6 Å². The first-order valence-electron chi connectivity index (χ1n) is 4.95. The number of esters is 1. The van der Waals surface area contributed by atoms with Crippen molar-refractivity contribution < 1.29 is 9.53 Å². The summed E-state index contributed by atoms with van der Waals surface area (Å²) in [6, 6.07) is 0. The summed E-state index contributed by atoms with van der Waals surface area (Å²) < 4.78 is 5.08. The van der Waals surface area contributed by atoms with Gasteiger partial charge in [-0.2, -0.15) is 12.6 Å². The SMILES string of the molecule is CCOC(=O)[C@@]1(C)CC(C)=C(C)[C@@H]1S. The fourth-order valence-corrected chi connectivity index (χ4v) is 2.40. The third-order valence-corrected chi connectivity index (χ3v) is 4.02. The highest BCUT2D eigenvalue weighted by Gasteiger charge is 2.46. The number of allylic oxidation sites excluding steroid dienone is 1. The Hall–Kier alpha value is -0.440. The van der Waals surface area contributed by atoms with Crippen molar-refractivity contribution in [2.75, 3.05) is 6.61 Å². The molecule has 0 radical (unpaired) electrons. The van der Waals surface area contributed by atoms with Crippen LogP contribution in [0.3, 0.4) is 0 Å². The van der Waals surface area contributed by atoms with Gasteiger partial charge in [0.25, 0.3) is 0 Å². The molecule has 0 aromatic rings. The first-order valence-corrected chi connectivity index (χ1v) is 5.46. The molecule has 1 aliphatic rings. The maximum atomic E-state index is 11.8. The van der Waals surface area contributed by atoms with Crippen molar-refractivity contribution in [1.29, 1.82) is 0 Å². The lowest BCUT2D eigenvalue weighted by molar-refractivity contribution is -0.153. The van der Waals surface area contributed by atoms with E-state index in [1.165, 1.54) is 11.1 Å². The average molecular weight is 214 g/mol. The van der Waals surface area contributed by atoms with Gasteiger partial charge in [0, 0.05) is 5.25 Å². The zero-order valence-corrected chi connectivity index (χ0v) is 10.1. The second-order valence-corrected chi connectivity index (χ2v) is 4.70. The average Bonchev–Trinajstić information content (AvgIpc) is 2.32. The van der Waals surface area contributed by atoms with Crippen molar-refractivity contribution in [2.24, 2.45) is 5.41 Å². The van der Waals surface area contributed by atoms with Crippen LogP contribution in [-0.2, 0) is 9.53 Å². The van der Waals surface area contributed by atoms with Gasteiger partial charge in [0.15, 0.2) is 0 Å². The van der Waals surface area contributed by atoms with Gasteiger partial charge in [0.05, 0.1) is 12.0 Å². The van der Waals surface area contributed by atoms with Crippen LogP contribution in [0.15, 0.2) is 11.1 Å². The lowest BCUT2D eigenvalue weighted by atomic mass is 9.86. The highest BCUT2D eigenvalue weighted by molar-refractivity contribution is 7.81. The molecule has 0 aromatic carbocycles. The number of carbonyl (C=O) groups is 1. The predicted octanol–water partition coefficient (Wildman–Crippen LogP) is 2.59. The van der Waals surface area contributed by atoms with Crippen LogP contribution < -0.4 is 0 Å². The Bertz CT molecular complexity index is 283. The fourth-order valence-electron chi connectivity index (χ4n) is 1.98. The Kier molecular flexibility index (Phi) is 3.30. The Morgan fingerprint density at radius 3 is 2.57 bits per heavy atom. The maximum absolute atomic E-state index is 11.8. The van der Waals surface area contributed by atoms with Crippen molar-refractivity contribution in [2.45, 2.75) is 39.4 Å². The third kappa shape index (κ3) is 1.70. The number of thiol groups is 1. The molecule has 2 atom stereocenters. The first-order chi connectivity index (χ1) is 6.43. The van der Waals surface area contributed by atoms with Gasteiger partial charge in [-0.25, -0.2) is 0 Å². The normalized spacial score (nSPS) is 32.2. The van der Waals surface area contributed by atoms with Crippen LogP contribution in [0.5, 0.6) is 0 Å². The van der Waals surface area contributed by atoms with Gasteiger partial charge < -0.3 is 4.74 Å². The molecule has 0 spiro atoms. The summed E-state index contributed by atoms with van der Waals surface area (Å²) in [5.41, 5.74) is 2.01. The van der Waals surface area contributed by atoms with Crippen molar-refractivity contribution in [3.05, 3.63) is 11.1 Å². The van der Waals surface area contributed by atoms with Crippen LogP contribution in [0.25, 0.3) is 0 Å². The van der Waals surface area contributed by atoms with Gasteiger partial charge in [-0.15, -0.1) is 0 Å². The van der Waals surface area contributed by atoms with Gasteiger partial charge in [0.1, 0.15) is 0 Å². The zero-order valence-electron chi connectivity index (χ0n) is 9.26. The first kappa shape index (κ1) is 11.6. The van der Waals surface area contributed by atoms with E-state index in [1.807, 2.05) is 20.8 Å². The molecule has 0 saturated carbocycles. The minimum Gasteiger partial charge on any atom is -0.466 e. The molecule has 2 nitrogen and oxygen atoms in total. The summed E-state index contributed by atoms with van der Waals surface area (Å²) in [5, 5.41) is 0.00144. The van der Waals surface area contributed by atoms with Crippen LogP contribution in [-0.4, -0.2) is 17.8 Å². The summed E-state index contributed by atoms with van der Waals surface area (Å²) in [6.07, 6.45) is 0.770. The molecule has 80 valence electrons. The van der Waals surface area contributed by atoms with E-state index in [9.17, 15) is 4.79 Å². The number of carbonyl (C=O) groups excluding carboxylic acids is 1. The summed E-state index contributed by atoms with van der Waals surface area (Å²) in [7, 11) is 0. The molecular formula is C11H18O2S. The van der Waals surface area contributed by atoms with E-state index in [0.717, 1.165) is 6.42 Å². The zero-order chi connectivity index (χ0) is 10.9. The maximum Gasteiger partial charge on any atom is 0.313 e. The molecule has 0 saturated heterocycles. The Morgan fingerprint density at radius 2 is 2.21 bits per heavy atom. The molecule has 0 fully saturated rings. The van der Waals surface area contributed by atoms with Crippen molar-refractivity contribution in [3.8, 4) is 0 Å². The Morgan fingerprint density at radius 1 is 1.64 bits per heavy atom. The van der Waals surface area contributed by atoms with Gasteiger partial charge in [-0.3, -0.25) is 4.79 Å². The van der Waals surface area contributed by atoms with Crippen LogP contribution >= 0.6 is 12.6 Å². The lowest BCUT2D eigenvalue weighted by Gasteiger charge is -2.27. The number of hydrogen-bond acceptors (Lipinski definition) is 3. The Balaban J connectivity index is 2.85. The fraction of sp³-hybridized carbons (Fsp3) is 0.727. The summed E-state index contributed by atoms with van der Waals surface area (Å²) in [4.78, 5) is 11.8. The summed E-state index contributed by atoms with van der Waals surface area (Å²) >= 11 is 4.50. The number of rotatable bonds is 2. The molecule has 0 aliphatic heterocycles. The van der Waals surface area contributed by atoms with E-state index in [-0.39, 0.29) is 11.2 Å². The standard InChI is InChI=1S/C11H18O2S/c1-5-13-10(12)11(4)6-7(2)8(3)9(11)14/h9,14H,5-6H2,1-4H3/t9-,11-/m0/s1. The molecule has 0 N–H and O–H groups in total. The van der Waals surface area contributed by atoms with Crippen LogP contribution in [0.2, 0.25) is 0 Å². The highest BCUT2D eigenvalue weighted by atomic mass is 32.1. The van der Waals surface area contributed by atoms with Gasteiger partial charge in [-0.1, -0.05) is 11.1 Å². The molecule has 3 heteroatoms. The van der Waals surface area contributed by atoms with Crippen LogP contribution in [0.1, 0.15) is 34.1 Å². The van der Waals surface area contributed by atoms with E-state index in [4.69, 9.17) is 4.74 Å². The molecular weight excluding hydrogens is 196 g/mol. The van der Waals surface area contributed by atoms with Crippen molar-refractivity contribution in [1.82, 2.24) is 0 Å². The van der Waals surface area contributed by atoms with Crippen LogP contribution in [0, 0.1) is 5.41 Å². The summed E-state index contributed by atoms with van der Waals surface area (Å²) in [5.74, 6) is -0.129. The number of hydrogen-bond donors (Lipinski definition) is 1. The van der Waals surface area contributed by atoms with E-state index in [0.29, 0.717) is 6.61 Å². The van der Waals surface area contributed by atoms with E-state index >= 15 is 0 Å². The van der Waals surface area contributed by atoms with Gasteiger partial charge >= 0.3 is 5.97 Å². The predicted molar refractivity (Wildman–Crippen MR) is 60.5 cm³/mol. The lowest BCUT2D eigenvalue weighted by Crippen LogP contribution is -2.35. The molecule has 1 rings (SSSR count). The molecule has 0 aromatic heterocycles. The molecule has 0 heterocycles. The molecule has 0 amide bonds. The Labute approximate surface area is 91.1 Å². The van der Waals surface area contributed by atoms with E-state index < -0.39 is 5.41 Å². The van der Waals surface area contributed by atoms with Crippen molar-refractivity contribution in [3.63, 3.8) is 0 Å². The second kappa shape index (κ2) is 3.97. The van der Waals surface area contributed by atoms with Crippen LogP contribution in [0.4, 0.5) is 0 Å². The smallest absolute Gasteiger partial charge is 0.313 e. The topological polar surface area (TPSA) is 26.3 Å². The third-order valence-electron chi connectivity index (χ3n) is 3.06. The quantitative estimate of drug-likeness (QED) is 0.434. The second-order valence-electron chi connectivity index (χ2n) is 4.18. The molecule has 0 unspecified atom stereocenters. The largest absolute Gasteiger partial charge is 0.466 e. The van der Waals surface area contributed by atoms with Gasteiger partial charge in [-0.05, 0) is 34.1 Å². The summed E-state index contributed by atoms with van der Waals surface area (Å²) in [6.45, 7) is 8.30. The van der Waals surface area contributed by atoms with E-state index in [1.54, 1.807) is 0 Å². The van der Waals surface area contributed by atoms with E-state index in [2.05, 4.69) is 19.6 Å². The number of ether oxygens (including phenoxy) is 1. The monoisotopic (exact) mass is 214 g/mol. The molecule has 0 bridgehead atoms. The minimum atomic E-state index is -0.465. The van der Waals surface area contributed by atoms with Gasteiger partial charge in [0.2, 0.25) is 0 Å². The molecule has 14 heavy (non-hydrogen) atoms.